The van der Waals surface area contributed by atoms with E-state index in [-0.39, 0.29) is 6.61 Å². The van der Waals surface area contributed by atoms with Gasteiger partial charge in [-0.05, 0) is 6.07 Å². The van der Waals surface area contributed by atoms with Crippen LogP contribution in [-0.4, -0.2) is 41.6 Å². The van der Waals surface area contributed by atoms with Crippen LogP contribution in [0.15, 0.2) is 24.3 Å². The van der Waals surface area contributed by atoms with E-state index in [0.717, 1.165) is 5.56 Å². The topological polar surface area (TPSA) is 40.5 Å². The lowest BCUT2D eigenvalue weighted by Crippen LogP contribution is -2.50. The number of halogens is 1. The standard InChI is InChI=1S/C11H17ClNO2/c1-13(2,11(15)8-14)7-9-5-3-4-6-10(9)12/h3-6,11,14-15H,7-8H2,1-2H3/q+1. The molecular weight excluding hydrogens is 214 g/mol. The highest BCUT2D eigenvalue weighted by Gasteiger charge is 2.26. The molecule has 0 radical (unpaired) electrons. The Morgan fingerprint density at radius 3 is 2.47 bits per heavy atom. The largest absolute Gasteiger partial charge is 0.387 e. The summed E-state index contributed by atoms with van der Waals surface area (Å²) in [6.07, 6.45) is -0.790. The van der Waals surface area contributed by atoms with Gasteiger partial charge in [0.1, 0.15) is 13.2 Å². The van der Waals surface area contributed by atoms with Crippen molar-refractivity contribution in [1.82, 2.24) is 0 Å². The van der Waals surface area contributed by atoms with Gasteiger partial charge in [0, 0.05) is 10.6 Å². The van der Waals surface area contributed by atoms with Gasteiger partial charge in [0.25, 0.3) is 0 Å². The van der Waals surface area contributed by atoms with Gasteiger partial charge in [-0.25, -0.2) is 0 Å². The first kappa shape index (κ1) is 12.5. The van der Waals surface area contributed by atoms with Crippen LogP contribution in [0.2, 0.25) is 5.02 Å². The van der Waals surface area contributed by atoms with Gasteiger partial charge in [-0.3, -0.25) is 4.48 Å². The van der Waals surface area contributed by atoms with Crippen molar-refractivity contribution in [3.05, 3.63) is 34.9 Å². The third-order valence-corrected chi connectivity index (χ3v) is 2.87. The van der Waals surface area contributed by atoms with Gasteiger partial charge in [-0.2, -0.15) is 0 Å². The van der Waals surface area contributed by atoms with Crippen molar-refractivity contribution in [2.75, 3.05) is 20.7 Å². The molecule has 0 heterocycles. The number of aliphatic hydroxyl groups excluding tert-OH is 2. The monoisotopic (exact) mass is 230 g/mol. The lowest BCUT2D eigenvalue weighted by molar-refractivity contribution is -0.949. The third kappa shape index (κ3) is 3.18. The van der Waals surface area contributed by atoms with Crippen molar-refractivity contribution >= 4 is 11.6 Å². The molecule has 1 aromatic rings. The predicted octanol–water partition coefficient (Wildman–Crippen LogP) is 1.23. The van der Waals surface area contributed by atoms with Crippen LogP contribution in [0.5, 0.6) is 0 Å². The van der Waals surface area contributed by atoms with Crippen LogP contribution in [0.1, 0.15) is 5.56 Å². The van der Waals surface area contributed by atoms with E-state index in [1.165, 1.54) is 0 Å². The number of aliphatic hydroxyl groups is 2. The van der Waals surface area contributed by atoms with Crippen molar-refractivity contribution in [2.24, 2.45) is 0 Å². The Bertz CT molecular complexity index is 328. The minimum absolute atomic E-state index is 0.253. The van der Waals surface area contributed by atoms with E-state index in [1.54, 1.807) is 0 Å². The fraction of sp³-hybridized carbons (Fsp3) is 0.455. The van der Waals surface area contributed by atoms with Crippen LogP contribution in [0.25, 0.3) is 0 Å². The van der Waals surface area contributed by atoms with Gasteiger partial charge in [0.05, 0.1) is 14.1 Å². The molecular formula is C11H17ClNO2+. The maximum Gasteiger partial charge on any atom is 0.214 e. The zero-order chi connectivity index (χ0) is 11.5. The fourth-order valence-electron chi connectivity index (χ4n) is 1.39. The molecule has 0 aliphatic heterocycles. The maximum absolute atomic E-state index is 9.62. The summed E-state index contributed by atoms with van der Waals surface area (Å²) in [6.45, 7) is 0.332. The zero-order valence-corrected chi connectivity index (χ0v) is 9.78. The lowest BCUT2D eigenvalue weighted by Gasteiger charge is -2.33. The molecule has 1 aromatic carbocycles. The molecule has 0 saturated heterocycles. The Morgan fingerprint density at radius 2 is 1.93 bits per heavy atom. The highest BCUT2D eigenvalue weighted by atomic mass is 35.5. The molecule has 0 aromatic heterocycles. The van der Waals surface area contributed by atoms with Crippen LogP contribution in [0, 0.1) is 0 Å². The fourth-order valence-corrected chi connectivity index (χ4v) is 1.59. The van der Waals surface area contributed by atoms with Gasteiger partial charge in [0.2, 0.25) is 6.23 Å². The molecule has 0 amide bonds. The Balaban J connectivity index is 2.81. The summed E-state index contributed by atoms with van der Waals surface area (Å²) in [5.41, 5.74) is 0.969. The van der Waals surface area contributed by atoms with E-state index < -0.39 is 6.23 Å². The predicted molar refractivity (Wildman–Crippen MR) is 60.4 cm³/mol. The molecule has 1 unspecified atom stereocenters. The number of benzene rings is 1. The smallest absolute Gasteiger partial charge is 0.214 e. The van der Waals surface area contributed by atoms with Crippen LogP contribution in [0.4, 0.5) is 0 Å². The van der Waals surface area contributed by atoms with E-state index in [1.807, 2.05) is 38.4 Å². The second-order valence-corrected chi connectivity index (χ2v) is 4.60. The summed E-state index contributed by atoms with van der Waals surface area (Å²) in [5.74, 6) is 0. The Hall–Kier alpha value is -0.610. The highest BCUT2D eigenvalue weighted by Crippen LogP contribution is 2.20. The number of hydrogen-bond donors (Lipinski definition) is 2. The van der Waals surface area contributed by atoms with Crippen molar-refractivity contribution in [3.63, 3.8) is 0 Å². The summed E-state index contributed by atoms with van der Waals surface area (Å²) in [7, 11) is 3.70. The van der Waals surface area contributed by atoms with Gasteiger partial charge < -0.3 is 10.2 Å². The summed E-state index contributed by atoms with van der Waals surface area (Å²) < 4.78 is 0.292. The van der Waals surface area contributed by atoms with E-state index >= 15 is 0 Å². The maximum atomic E-state index is 9.62. The number of quaternary nitrogens is 1. The molecule has 0 fully saturated rings. The van der Waals surface area contributed by atoms with Gasteiger partial charge >= 0.3 is 0 Å². The minimum atomic E-state index is -0.790. The molecule has 2 N–H and O–H groups in total. The minimum Gasteiger partial charge on any atom is -0.387 e. The van der Waals surface area contributed by atoms with Crippen molar-refractivity contribution < 1.29 is 14.7 Å². The van der Waals surface area contributed by atoms with Crippen LogP contribution in [0.3, 0.4) is 0 Å². The number of likely N-dealkylation sites (N-methyl/N-ethyl adjacent to an activating group) is 1. The molecule has 0 aliphatic rings. The van der Waals surface area contributed by atoms with E-state index in [0.29, 0.717) is 16.1 Å². The van der Waals surface area contributed by atoms with Crippen LogP contribution < -0.4 is 0 Å². The summed E-state index contributed by atoms with van der Waals surface area (Å²) in [4.78, 5) is 0. The Morgan fingerprint density at radius 1 is 1.33 bits per heavy atom. The van der Waals surface area contributed by atoms with E-state index in [9.17, 15) is 5.11 Å². The summed E-state index contributed by atoms with van der Waals surface area (Å²) in [5, 5.41) is 19.2. The molecule has 0 aliphatic carbocycles. The van der Waals surface area contributed by atoms with Crippen LogP contribution in [-0.2, 0) is 6.54 Å². The van der Waals surface area contributed by atoms with Crippen LogP contribution >= 0.6 is 11.6 Å². The normalized spacial score (nSPS) is 13.9. The number of nitrogens with zero attached hydrogens (tertiary/aromatic N) is 1. The lowest BCUT2D eigenvalue weighted by atomic mass is 10.2. The number of rotatable bonds is 4. The molecule has 84 valence electrons. The first-order chi connectivity index (χ1) is 6.97. The Labute approximate surface area is 95.1 Å². The third-order valence-electron chi connectivity index (χ3n) is 2.51. The first-order valence-electron chi connectivity index (χ1n) is 4.82. The average molecular weight is 231 g/mol. The van der Waals surface area contributed by atoms with E-state index in [4.69, 9.17) is 16.7 Å². The van der Waals surface area contributed by atoms with Gasteiger partial charge in [-0.1, -0.05) is 29.8 Å². The first-order valence-corrected chi connectivity index (χ1v) is 5.20. The molecule has 3 nitrogen and oxygen atoms in total. The summed E-state index contributed by atoms with van der Waals surface area (Å²) in [6, 6.07) is 7.52. The molecule has 0 spiro atoms. The summed E-state index contributed by atoms with van der Waals surface area (Å²) >= 11 is 6.02. The molecule has 1 atom stereocenters. The van der Waals surface area contributed by atoms with Crippen molar-refractivity contribution in [1.29, 1.82) is 0 Å². The molecule has 1 rings (SSSR count). The average Bonchev–Trinajstić information content (AvgIpc) is 2.20. The highest BCUT2D eigenvalue weighted by molar-refractivity contribution is 6.31. The quantitative estimate of drug-likeness (QED) is 0.604. The van der Waals surface area contributed by atoms with Crippen molar-refractivity contribution in [3.8, 4) is 0 Å². The van der Waals surface area contributed by atoms with Crippen molar-refractivity contribution in [2.45, 2.75) is 12.8 Å². The molecule has 0 bridgehead atoms. The molecule has 15 heavy (non-hydrogen) atoms. The molecule has 0 saturated carbocycles. The molecule has 4 heteroatoms. The van der Waals surface area contributed by atoms with Gasteiger partial charge in [0.15, 0.2) is 0 Å². The Kier molecular flexibility index (Phi) is 4.11. The SMILES string of the molecule is C[N+](C)(Cc1ccccc1Cl)C(O)CO. The number of hydrogen-bond acceptors (Lipinski definition) is 2. The van der Waals surface area contributed by atoms with E-state index in [2.05, 4.69) is 0 Å². The second-order valence-electron chi connectivity index (χ2n) is 4.19. The zero-order valence-electron chi connectivity index (χ0n) is 9.02. The second kappa shape index (κ2) is 4.94. The van der Waals surface area contributed by atoms with Gasteiger partial charge in [-0.15, -0.1) is 0 Å².